The van der Waals surface area contributed by atoms with E-state index >= 15 is 0 Å². The number of amides is 1. The fraction of sp³-hybridized carbons (Fsp3) is 0.467. The summed E-state index contributed by atoms with van der Waals surface area (Å²) in [7, 11) is 2.12. The van der Waals surface area contributed by atoms with Crippen molar-refractivity contribution in [3.8, 4) is 5.69 Å². The molecule has 0 aliphatic carbocycles. The number of halogens is 2. The molecular weight excluding hydrogens is 558 g/mol. The minimum Gasteiger partial charge on any atom is -0.388 e. The van der Waals surface area contributed by atoms with Gasteiger partial charge in [-0.05, 0) is 50.2 Å². The number of hydrogen-bond acceptors (Lipinski definition) is 7. The van der Waals surface area contributed by atoms with Gasteiger partial charge < -0.3 is 24.4 Å². The third-order valence-electron chi connectivity index (χ3n) is 8.70. The molecule has 0 saturated carbocycles. The van der Waals surface area contributed by atoms with Gasteiger partial charge in [0.1, 0.15) is 12.4 Å². The molecular formula is C30H36F2N8O3. The number of likely N-dealkylation sites (N-methyl/N-ethyl adjacent to an activating group) is 1. The Bertz CT molecular complexity index is 1620. The molecule has 6 rings (SSSR count). The number of piperidine rings is 1. The normalized spacial score (nSPS) is 18.4. The topological polar surface area (TPSA) is 105 Å². The van der Waals surface area contributed by atoms with Crippen molar-refractivity contribution in [1.29, 1.82) is 0 Å². The van der Waals surface area contributed by atoms with Crippen LogP contribution in [0.4, 0.5) is 14.5 Å². The van der Waals surface area contributed by atoms with Gasteiger partial charge >= 0.3 is 0 Å². The minimum absolute atomic E-state index is 0.0216. The quantitative estimate of drug-likeness (QED) is 0.334. The Balaban J connectivity index is 1.13. The van der Waals surface area contributed by atoms with Gasteiger partial charge in [-0.1, -0.05) is 6.07 Å². The number of nitrogens with zero attached hydrogens (tertiary/aromatic N) is 8. The summed E-state index contributed by atoms with van der Waals surface area (Å²) >= 11 is 0. The zero-order valence-electron chi connectivity index (χ0n) is 24.1. The maximum atomic E-state index is 13.6. The summed E-state index contributed by atoms with van der Waals surface area (Å²) in [5.41, 5.74) is 1.08. The van der Waals surface area contributed by atoms with E-state index in [9.17, 15) is 23.5 Å². The van der Waals surface area contributed by atoms with Gasteiger partial charge in [-0.15, -0.1) is 0 Å². The monoisotopic (exact) mass is 594 g/mol. The van der Waals surface area contributed by atoms with E-state index < -0.39 is 24.0 Å². The van der Waals surface area contributed by atoms with Crippen LogP contribution >= 0.6 is 0 Å². The van der Waals surface area contributed by atoms with Crippen molar-refractivity contribution in [1.82, 2.24) is 33.7 Å². The molecule has 2 aliphatic rings. The summed E-state index contributed by atoms with van der Waals surface area (Å²) in [5, 5.41) is 15.6. The van der Waals surface area contributed by atoms with Gasteiger partial charge in [-0.2, -0.15) is 5.10 Å². The summed E-state index contributed by atoms with van der Waals surface area (Å²) in [4.78, 5) is 37.0. The molecule has 2 aliphatic heterocycles. The molecule has 2 fully saturated rings. The lowest BCUT2D eigenvalue weighted by atomic mass is 9.91. The summed E-state index contributed by atoms with van der Waals surface area (Å²) in [5.74, 6) is -0.416. The van der Waals surface area contributed by atoms with Crippen LogP contribution in [0.3, 0.4) is 0 Å². The summed E-state index contributed by atoms with van der Waals surface area (Å²) in [6.07, 6.45) is 3.41. The lowest BCUT2D eigenvalue weighted by Gasteiger charge is -2.38. The van der Waals surface area contributed by atoms with Crippen molar-refractivity contribution in [2.75, 3.05) is 51.2 Å². The van der Waals surface area contributed by atoms with Gasteiger partial charge in [-0.25, -0.2) is 13.8 Å². The van der Waals surface area contributed by atoms with E-state index in [2.05, 4.69) is 39.1 Å². The van der Waals surface area contributed by atoms with Crippen LogP contribution in [0.5, 0.6) is 0 Å². The standard InChI is InChI=1S/C30H36F2N8O3/c1-35-14-16-36(17-15-35)22-4-2-5-23(18-22)39-11-6-24-28(39)33-21-38(29(24)42)20-30(43)7-12-37(13-8-30)26(41)19-25(27(31)32)40-10-3-9-34-40/h2-6,9-11,18,21,25,27,43H,7-8,12-17,19-20H2,1H3. The molecule has 5 heterocycles. The molecule has 1 unspecified atom stereocenters. The second kappa shape index (κ2) is 11.9. The molecule has 13 heteroatoms. The highest BCUT2D eigenvalue weighted by Gasteiger charge is 2.36. The summed E-state index contributed by atoms with van der Waals surface area (Å²) in [6, 6.07) is 10.1. The van der Waals surface area contributed by atoms with E-state index in [1.165, 1.54) is 34.3 Å². The first-order valence-corrected chi connectivity index (χ1v) is 14.6. The van der Waals surface area contributed by atoms with Crippen LogP contribution in [0.15, 0.2) is 66.1 Å². The van der Waals surface area contributed by atoms with Crippen LogP contribution in [0.1, 0.15) is 25.3 Å². The number of aromatic nitrogens is 5. The maximum absolute atomic E-state index is 13.6. The van der Waals surface area contributed by atoms with E-state index in [0.29, 0.717) is 11.0 Å². The molecule has 228 valence electrons. The van der Waals surface area contributed by atoms with Gasteiger partial charge in [0.15, 0.2) is 5.65 Å². The predicted octanol–water partition coefficient (Wildman–Crippen LogP) is 2.39. The zero-order valence-corrected chi connectivity index (χ0v) is 24.1. The Labute approximate surface area is 247 Å². The first-order chi connectivity index (χ1) is 20.7. The molecule has 3 aromatic heterocycles. The number of piperazine rings is 1. The molecule has 4 aromatic rings. The van der Waals surface area contributed by atoms with Gasteiger partial charge in [0, 0.05) is 69.2 Å². The number of benzene rings is 1. The average molecular weight is 595 g/mol. The maximum Gasteiger partial charge on any atom is 0.262 e. The molecule has 1 N–H and O–H groups in total. The molecule has 43 heavy (non-hydrogen) atoms. The summed E-state index contributed by atoms with van der Waals surface area (Å²) in [6.45, 7) is 4.34. The number of anilines is 1. The number of alkyl halides is 2. The second-order valence-corrected chi connectivity index (χ2v) is 11.6. The molecule has 0 radical (unpaired) electrons. The van der Waals surface area contributed by atoms with Crippen molar-refractivity contribution < 1.29 is 18.7 Å². The number of carbonyl (C=O) groups is 1. The van der Waals surface area contributed by atoms with Gasteiger partial charge in [0.25, 0.3) is 12.0 Å². The van der Waals surface area contributed by atoms with E-state index in [0.717, 1.165) is 42.2 Å². The molecule has 11 nitrogen and oxygen atoms in total. The highest BCUT2D eigenvalue weighted by atomic mass is 19.3. The average Bonchev–Trinajstić information content (AvgIpc) is 3.69. The highest BCUT2D eigenvalue weighted by Crippen LogP contribution is 2.28. The lowest BCUT2D eigenvalue weighted by molar-refractivity contribution is -0.138. The number of likely N-dealkylation sites (tertiary alicyclic amines) is 1. The first-order valence-electron chi connectivity index (χ1n) is 14.6. The lowest BCUT2D eigenvalue weighted by Crippen LogP contribution is -2.50. The Kier molecular flexibility index (Phi) is 8.01. The fourth-order valence-corrected chi connectivity index (χ4v) is 6.01. The molecule has 1 atom stereocenters. The molecule has 2 saturated heterocycles. The van der Waals surface area contributed by atoms with Gasteiger partial charge in [0.05, 0.1) is 24.0 Å². The van der Waals surface area contributed by atoms with Gasteiger partial charge in [-0.3, -0.25) is 18.8 Å². The number of fused-ring (bicyclic) bond motifs is 1. The number of rotatable bonds is 8. The van der Waals surface area contributed by atoms with Crippen LogP contribution in [0.2, 0.25) is 0 Å². The van der Waals surface area contributed by atoms with E-state index in [1.54, 1.807) is 6.07 Å². The van der Waals surface area contributed by atoms with Crippen molar-refractivity contribution in [3.63, 3.8) is 0 Å². The number of aliphatic hydroxyl groups is 1. The smallest absolute Gasteiger partial charge is 0.262 e. The van der Waals surface area contributed by atoms with Crippen LogP contribution in [0.25, 0.3) is 16.7 Å². The SMILES string of the molecule is CN1CCN(c2cccc(-n3ccc4c(=O)n(CC5(O)CCN(C(=O)CC(C(F)F)n6cccn6)CC5)cnc43)c2)CC1. The molecule has 0 spiro atoms. The first kappa shape index (κ1) is 29.0. The van der Waals surface area contributed by atoms with Gasteiger partial charge in [0.2, 0.25) is 5.91 Å². The Morgan fingerprint density at radius 2 is 1.77 bits per heavy atom. The molecule has 1 aromatic carbocycles. The van der Waals surface area contributed by atoms with Crippen molar-refractivity contribution >= 4 is 22.6 Å². The van der Waals surface area contributed by atoms with Crippen molar-refractivity contribution in [3.05, 3.63) is 71.7 Å². The Morgan fingerprint density at radius 3 is 2.47 bits per heavy atom. The van der Waals surface area contributed by atoms with Crippen LogP contribution in [-0.2, 0) is 11.3 Å². The number of carbonyl (C=O) groups excluding carboxylic acids is 1. The van der Waals surface area contributed by atoms with E-state index in [4.69, 9.17) is 0 Å². The molecule has 1 amide bonds. The second-order valence-electron chi connectivity index (χ2n) is 11.6. The number of hydrogen-bond donors (Lipinski definition) is 1. The van der Waals surface area contributed by atoms with Crippen molar-refractivity contribution in [2.24, 2.45) is 0 Å². The Hall–Kier alpha value is -4.10. The minimum atomic E-state index is -2.74. The summed E-state index contributed by atoms with van der Waals surface area (Å²) < 4.78 is 31.6. The Morgan fingerprint density at radius 1 is 1.02 bits per heavy atom. The fourth-order valence-electron chi connectivity index (χ4n) is 6.01. The van der Waals surface area contributed by atoms with Crippen LogP contribution in [-0.4, -0.2) is 103 Å². The van der Waals surface area contributed by atoms with Crippen LogP contribution < -0.4 is 10.5 Å². The van der Waals surface area contributed by atoms with E-state index in [-0.39, 0.29) is 44.5 Å². The van der Waals surface area contributed by atoms with E-state index in [1.807, 2.05) is 22.9 Å². The largest absolute Gasteiger partial charge is 0.388 e. The third kappa shape index (κ3) is 6.04. The molecule has 0 bridgehead atoms. The zero-order chi connectivity index (χ0) is 30.1. The highest BCUT2D eigenvalue weighted by molar-refractivity contribution is 5.78. The van der Waals surface area contributed by atoms with Crippen LogP contribution in [0, 0.1) is 0 Å². The third-order valence-corrected chi connectivity index (χ3v) is 8.70. The predicted molar refractivity (Wildman–Crippen MR) is 158 cm³/mol. The van der Waals surface area contributed by atoms with Crippen molar-refractivity contribution in [2.45, 2.75) is 43.9 Å².